The van der Waals surface area contributed by atoms with Crippen molar-refractivity contribution in [2.45, 2.75) is 13.8 Å². The minimum Gasteiger partial charge on any atom is -0.478 e. The molecule has 2 heterocycles. The predicted octanol–water partition coefficient (Wildman–Crippen LogP) is 4.68. The van der Waals surface area contributed by atoms with Crippen LogP contribution in [0, 0.1) is 13.8 Å². The monoisotopic (exact) mass is 417 g/mol. The maximum Gasteiger partial charge on any atom is 0.335 e. The van der Waals surface area contributed by atoms with Crippen LogP contribution in [-0.2, 0) is 4.79 Å². The quantitative estimate of drug-likeness (QED) is 0.604. The number of aryl methyl sites for hydroxylation is 2. The lowest BCUT2D eigenvalue weighted by Gasteiger charge is -2.07. The van der Waals surface area contributed by atoms with E-state index in [-0.39, 0.29) is 11.5 Å². The van der Waals surface area contributed by atoms with Crippen molar-refractivity contribution in [3.8, 4) is 5.69 Å². The molecule has 1 saturated heterocycles. The molecular formula is C23H19N3O3S. The summed E-state index contributed by atoms with van der Waals surface area (Å²) in [5.74, 6) is -1.20. The first kappa shape index (κ1) is 19.7. The molecule has 1 aromatic heterocycles. The Morgan fingerprint density at radius 3 is 2.73 bits per heavy atom. The van der Waals surface area contributed by atoms with Gasteiger partial charge in [-0.25, -0.2) is 9.79 Å². The third-order valence-corrected chi connectivity index (χ3v) is 5.57. The first-order chi connectivity index (χ1) is 14.4. The van der Waals surface area contributed by atoms with Crippen LogP contribution in [0.1, 0.15) is 27.2 Å². The van der Waals surface area contributed by atoms with Crippen LogP contribution < -0.4 is 5.32 Å². The second-order valence-corrected chi connectivity index (χ2v) is 7.96. The van der Waals surface area contributed by atoms with E-state index in [4.69, 9.17) is 0 Å². The number of amidine groups is 1. The summed E-state index contributed by atoms with van der Waals surface area (Å²) in [5, 5.41) is 12.6. The van der Waals surface area contributed by atoms with E-state index < -0.39 is 5.97 Å². The first-order valence-electron chi connectivity index (χ1n) is 9.28. The summed E-state index contributed by atoms with van der Waals surface area (Å²) in [6.45, 7) is 4.01. The fraction of sp³-hybridized carbons (Fsp3) is 0.0870. The number of carboxylic acid groups (broad SMARTS) is 1. The normalized spacial score (nSPS) is 16.3. The molecular weight excluding hydrogens is 398 g/mol. The number of nitrogens with one attached hydrogen (secondary N) is 1. The number of nitrogens with zero attached hydrogens (tertiary/aromatic N) is 2. The van der Waals surface area contributed by atoms with Crippen molar-refractivity contribution in [3.05, 3.63) is 88.1 Å². The van der Waals surface area contributed by atoms with E-state index in [1.165, 1.54) is 11.8 Å². The molecule has 1 amide bonds. The number of benzene rings is 2. The lowest BCUT2D eigenvalue weighted by Crippen LogP contribution is -2.19. The minimum absolute atomic E-state index is 0.204. The number of carbonyl (C=O) groups is 2. The molecule has 2 aromatic carbocycles. The predicted molar refractivity (Wildman–Crippen MR) is 119 cm³/mol. The Morgan fingerprint density at radius 2 is 1.97 bits per heavy atom. The van der Waals surface area contributed by atoms with Gasteiger partial charge in [-0.05, 0) is 73.6 Å². The van der Waals surface area contributed by atoms with Gasteiger partial charge in [0.05, 0.1) is 16.2 Å². The largest absolute Gasteiger partial charge is 0.478 e. The second kappa shape index (κ2) is 8.04. The van der Waals surface area contributed by atoms with Gasteiger partial charge in [0.2, 0.25) is 0 Å². The zero-order valence-electron chi connectivity index (χ0n) is 16.4. The number of hydrogen-bond donors (Lipinski definition) is 2. The molecule has 6 nitrogen and oxygen atoms in total. The van der Waals surface area contributed by atoms with Gasteiger partial charge < -0.3 is 15.0 Å². The van der Waals surface area contributed by atoms with Crippen molar-refractivity contribution in [3.63, 3.8) is 0 Å². The molecule has 0 atom stereocenters. The number of carboxylic acids is 1. The molecule has 0 bridgehead atoms. The number of hydrogen-bond acceptors (Lipinski definition) is 4. The Labute approximate surface area is 178 Å². The zero-order chi connectivity index (χ0) is 21.3. The molecule has 1 aliphatic heterocycles. The van der Waals surface area contributed by atoms with Crippen molar-refractivity contribution < 1.29 is 14.7 Å². The van der Waals surface area contributed by atoms with E-state index in [0.29, 0.717) is 15.8 Å². The fourth-order valence-corrected chi connectivity index (χ4v) is 4.01. The number of rotatable bonds is 4. The molecule has 1 fully saturated rings. The number of amides is 1. The SMILES string of the molecule is Cc1ccc(N=C2NC(=O)/C(=C/c3cccn3-c3cccc(C(=O)O)c3)S2)c(C)c1. The van der Waals surface area contributed by atoms with Crippen LogP contribution in [-0.4, -0.2) is 26.7 Å². The van der Waals surface area contributed by atoms with E-state index in [0.717, 1.165) is 22.5 Å². The molecule has 0 aliphatic carbocycles. The average molecular weight is 417 g/mol. The van der Waals surface area contributed by atoms with Crippen LogP contribution in [0.15, 0.2) is 70.7 Å². The van der Waals surface area contributed by atoms with E-state index in [9.17, 15) is 14.7 Å². The number of aromatic carboxylic acids is 1. The summed E-state index contributed by atoms with van der Waals surface area (Å²) in [6.07, 6.45) is 3.60. The summed E-state index contributed by atoms with van der Waals surface area (Å²) in [6, 6.07) is 16.4. The van der Waals surface area contributed by atoms with Gasteiger partial charge in [-0.3, -0.25) is 4.79 Å². The topological polar surface area (TPSA) is 83.7 Å². The third-order valence-electron chi connectivity index (χ3n) is 4.66. The van der Waals surface area contributed by atoms with E-state index in [2.05, 4.69) is 16.4 Å². The lowest BCUT2D eigenvalue weighted by molar-refractivity contribution is -0.115. The van der Waals surface area contributed by atoms with Crippen LogP contribution in [0.3, 0.4) is 0 Å². The lowest BCUT2D eigenvalue weighted by atomic mass is 10.1. The van der Waals surface area contributed by atoms with E-state index in [1.807, 2.05) is 54.9 Å². The summed E-state index contributed by atoms with van der Waals surface area (Å²) in [7, 11) is 0. The summed E-state index contributed by atoms with van der Waals surface area (Å²) < 4.78 is 1.84. The average Bonchev–Trinajstić information content (AvgIpc) is 3.31. The van der Waals surface area contributed by atoms with Crippen molar-refractivity contribution in [2.24, 2.45) is 4.99 Å². The Balaban J connectivity index is 1.63. The number of aromatic nitrogens is 1. The Hall–Kier alpha value is -3.58. The molecule has 3 aromatic rings. The smallest absolute Gasteiger partial charge is 0.335 e. The highest BCUT2D eigenvalue weighted by Crippen LogP contribution is 2.30. The maximum absolute atomic E-state index is 12.5. The van der Waals surface area contributed by atoms with Gasteiger partial charge in [-0.2, -0.15) is 0 Å². The Kier molecular flexibility index (Phi) is 5.29. The summed E-state index contributed by atoms with van der Waals surface area (Å²) >= 11 is 1.28. The van der Waals surface area contributed by atoms with Crippen LogP contribution in [0.4, 0.5) is 5.69 Å². The summed E-state index contributed by atoms with van der Waals surface area (Å²) in [4.78, 5) is 28.8. The van der Waals surface area contributed by atoms with Gasteiger partial charge in [-0.1, -0.05) is 23.8 Å². The van der Waals surface area contributed by atoms with E-state index >= 15 is 0 Å². The van der Waals surface area contributed by atoms with Gasteiger partial charge in [-0.15, -0.1) is 0 Å². The van der Waals surface area contributed by atoms with Crippen molar-refractivity contribution in [1.82, 2.24) is 9.88 Å². The first-order valence-corrected chi connectivity index (χ1v) is 10.1. The molecule has 0 spiro atoms. The highest BCUT2D eigenvalue weighted by atomic mass is 32.2. The third kappa shape index (κ3) is 4.06. The number of aliphatic imine (C=N–C) groups is 1. The Bertz CT molecular complexity index is 1220. The fourth-order valence-electron chi connectivity index (χ4n) is 3.19. The summed E-state index contributed by atoms with van der Waals surface area (Å²) in [5.41, 5.74) is 4.70. The van der Waals surface area contributed by atoms with E-state index in [1.54, 1.807) is 24.3 Å². The second-order valence-electron chi connectivity index (χ2n) is 6.93. The number of thioether (sulfide) groups is 1. The molecule has 4 rings (SSSR count). The van der Waals surface area contributed by atoms with Gasteiger partial charge in [0, 0.05) is 17.6 Å². The van der Waals surface area contributed by atoms with Gasteiger partial charge in [0.25, 0.3) is 5.91 Å². The van der Waals surface area contributed by atoms with Crippen LogP contribution >= 0.6 is 11.8 Å². The van der Waals surface area contributed by atoms with Crippen molar-refractivity contribution in [1.29, 1.82) is 0 Å². The van der Waals surface area contributed by atoms with Crippen LogP contribution in [0.2, 0.25) is 0 Å². The van der Waals surface area contributed by atoms with Crippen LogP contribution in [0.5, 0.6) is 0 Å². The van der Waals surface area contributed by atoms with Crippen molar-refractivity contribution >= 4 is 40.6 Å². The van der Waals surface area contributed by atoms with Gasteiger partial charge in [0.1, 0.15) is 0 Å². The molecule has 7 heteroatoms. The van der Waals surface area contributed by atoms with Crippen molar-refractivity contribution in [2.75, 3.05) is 0 Å². The minimum atomic E-state index is -0.984. The number of carbonyl (C=O) groups excluding carboxylic acids is 1. The Morgan fingerprint density at radius 1 is 1.13 bits per heavy atom. The zero-order valence-corrected chi connectivity index (χ0v) is 17.2. The molecule has 2 N–H and O–H groups in total. The molecule has 150 valence electrons. The molecule has 1 aliphatic rings. The van der Waals surface area contributed by atoms with Gasteiger partial charge >= 0.3 is 5.97 Å². The maximum atomic E-state index is 12.5. The molecule has 0 radical (unpaired) electrons. The highest BCUT2D eigenvalue weighted by Gasteiger charge is 2.24. The van der Waals surface area contributed by atoms with Crippen LogP contribution in [0.25, 0.3) is 11.8 Å². The molecule has 30 heavy (non-hydrogen) atoms. The highest BCUT2D eigenvalue weighted by molar-refractivity contribution is 8.18. The molecule has 0 saturated carbocycles. The molecule has 0 unspecified atom stereocenters. The standard InChI is InChI=1S/C23H19N3O3S/c1-14-8-9-19(15(2)11-14)24-23-25-21(27)20(30-23)13-18-7-4-10-26(18)17-6-3-5-16(12-17)22(28)29/h3-13H,1-2H3,(H,28,29)(H,24,25,27)/b20-13-. The van der Waals surface area contributed by atoms with Gasteiger partial charge in [0.15, 0.2) is 5.17 Å².